The highest BCUT2D eigenvalue weighted by Gasteiger charge is 2.18. The van der Waals surface area contributed by atoms with E-state index in [-0.39, 0.29) is 18.0 Å². The smallest absolute Gasteiger partial charge is 0.295 e. The van der Waals surface area contributed by atoms with Gasteiger partial charge in [-0.25, -0.2) is 9.36 Å². The standard InChI is InChI=1S/C22H21N5O2/c1-15-20-16(2)27(18-11-7-4-8-12-18)25-21(20)22(29)26(24-15)14-19(28)23-13-17-9-5-3-6-10-17/h3-12H,13-14H2,1-2H3,(H,23,28). The summed E-state index contributed by atoms with van der Waals surface area (Å²) in [4.78, 5) is 25.3. The Labute approximate surface area is 167 Å². The Morgan fingerprint density at radius 2 is 1.62 bits per heavy atom. The quantitative estimate of drug-likeness (QED) is 0.570. The largest absolute Gasteiger partial charge is 0.350 e. The van der Waals surface area contributed by atoms with E-state index in [1.807, 2.05) is 74.5 Å². The molecule has 0 spiro atoms. The third-order valence-corrected chi connectivity index (χ3v) is 4.81. The van der Waals surface area contributed by atoms with Gasteiger partial charge in [0.15, 0.2) is 5.52 Å². The maximum absolute atomic E-state index is 12.9. The van der Waals surface area contributed by atoms with E-state index in [4.69, 9.17) is 0 Å². The average molecular weight is 387 g/mol. The number of aromatic nitrogens is 4. The fourth-order valence-electron chi connectivity index (χ4n) is 3.40. The Kier molecular flexibility index (Phi) is 4.95. The van der Waals surface area contributed by atoms with Crippen molar-refractivity contribution in [3.63, 3.8) is 0 Å². The third kappa shape index (κ3) is 3.67. The van der Waals surface area contributed by atoms with Crippen LogP contribution < -0.4 is 10.9 Å². The molecule has 2 heterocycles. The number of rotatable bonds is 5. The number of nitrogens with zero attached hydrogens (tertiary/aromatic N) is 4. The molecular formula is C22H21N5O2. The molecule has 0 unspecified atom stereocenters. The molecule has 0 bridgehead atoms. The van der Waals surface area contributed by atoms with Gasteiger partial charge in [0, 0.05) is 6.54 Å². The Hall–Kier alpha value is -3.74. The number of nitrogens with one attached hydrogen (secondary N) is 1. The van der Waals surface area contributed by atoms with Crippen LogP contribution in [0, 0.1) is 13.8 Å². The van der Waals surface area contributed by atoms with Gasteiger partial charge in [0.1, 0.15) is 6.54 Å². The van der Waals surface area contributed by atoms with Gasteiger partial charge in [-0.3, -0.25) is 9.59 Å². The zero-order chi connectivity index (χ0) is 20.4. The molecule has 0 fully saturated rings. The lowest BCUT2D eigenvalue weighted by atomic mass is 10.2. The van der Waals surface area contributed by atoms with Crippen molar-refractivity contribution in [3.05, 3.63) is 88.0 Å². The van der Waals surface area contributed by atoms with Gasteiger partial charge in [-0.05, 0) is 31.5 Å². The van der Waals surface area contributed by atoms with Crippen molar-refractivity contribution in [2.24, 2.45) is 0 Å². The van der Waals surface area contributed by atoms with Crippen molar-refractivity contribution in [3.8, 4) is 5.69 Å². The van der Waals surface area contributed by atoms with Crippen molar-refractivity contribution in [2.45, 2.75) is 26.9 Å². The number of carbonyl (C=O) groups is 1. The molecule has 0 atom stereocenters. The van der Waals surface area contributed by atoms with E-state index in [2.05, 4.69) is 15.5 Å². The van der Waals surface area contributed by atoms with Gasteiger partial charge in [-0.1, -0.05) is 48.5 Å². The summed E-state index contributed by atoms with van der Waals surface area (Å²) in [6.07, 6.45) is 0. The fourth-order valence-corrected chi connectivity index (χ4v) is 3.40. The number of para-hydroxylation sites is 1. The minimum atomic E-state index is -0.377. The highest BCUT2D eigenvalue weighted by atomic mass is 16.2. The molecule has 2 aromatic heterocycles. The number of benzene rings is 2. The Morgan fingerprint density at radius 1 is 0.966 bits per heavy atom. The molecule has 146 valence electrons. The molecule has 7 nitrogen and oxygen atoms in total. The predicted octanol–water partition coefficient (Wildman–Crippen LogP) is 2.52. The van der Waals surface area contributed by atoms with Crippen LogP contribution >= 0.6 is 0 Å². The van der Waals surface area contributed by atoms with Crippen molar-refractivity contribution in [1.82, 2.24) is 24.9 Å². The van der Waals surface area contributed by atoms with Crippen molar-refractivity contribution < 1.29 is 4.79 Å². The molecule has 1 amide bonds. The normalized spacial score (nSPS) is 11.0. The minimum absolute atomic E-state index is 0.153. The summed E-state index contributed by atoms with van der Waals surface area (Å²) in [5, 5.41) is 12.4. The molecule has 0 aliphatic heterocycles. The second kappa shape index (κ2) is 7.71. The van der Waals surface area contributed by atoms with Crippen molar-refractivity contribution >= 4 is 16.8 Å². The first-order valence-corrected chi connectivity index (χ1v) is 9.37. The maximum atomic E-state index is 12.9. The van der Waals surface area contributed by atoms with Gasteiger partial charge < -0.3 is 5.32 Å². The highest BCUT2D eigenvalue weighted by Crippen LogP contribution is 2.20. The topological polar surface area (TPSA) is 81.8 Å². The van der Waals surface area contributed by atoms with Crippen LogP contribution in [-0.2, 0) is 17.9 Å². The van der Waals surface area contributed by atoms with Gasteiger partial charge in [-0.2, -0.15) is 10.2 Å². The highest BCUT2D eigenvalue weighted by molar-refractivity contribution is 5.83. The summed E-state index contributed by atoms with van der Waals surface area (Å²) in [6, 6.07) is 19.2. The molecule has 0 aliphatic carbocycles. The Bertz CT molecular complexity index is 1230. The Morgan fingerprint density at radius 3 is 2.31 bits per heavy atom. The molecule has 7 heteroatoms. The summed E-state index contributed by atoms with van der Waals surface area (Å²) in [6.45, 7) is 3.98. The van der Waals surface area contributed by atoms with E-state index in [0.29, 0.717) is 17.8 Å². The lowest BCUT2D eigenvalue weighted by Crippen LogP contribution is -2.34. The number of carbonyl (C=O) groups excluding carboxylic acids is 1. The lowest BCUT2D eigenvalue weighted by molar-refractivity contribution is -0.122. The fraction of sp³-hybridized carbons (Fsp3) is 0.182. The van der Waals surface area contributed by atoms with E-state index < -0.39 is 0 Å². The zero-order valence-electron chi connectivity index (χ0n) is 16.3. The molecule has 0 radical (unpaired) electrons. The van der Waals surface area contributed by atoms with Crippen LogP contribution in [0.4, 0.5) is 0 Å². The van der Waals surface area contributed by atoms with Crippen LogP contribution in [0.3, 0.4) is 0 Å². The molecule has 29 heavy (non-hydrogen) atoms. The number of aryl methyl sites for hydroxylation is 2. The molecule has 0 saturated heterocycles. The number of hydrogen-bond acceptors (Lipinski definition) is 4. The summed E-state index contributed by atoms with van der Waals surface area (Å²) in [5.41, 5.74) is 3.30. The summed E-state index contributed by atoms with van der Waals surface area (Å²) >= 11 is 0. The van der Waals surface area contributed by atoms with Crippen molar-refractivity contribution in [2.75, 3.05) is 0 Å². The first-order chi connectivity index (χ1) is 14.0. The van der Waals surface area contributed by atoms with Gasteiger partial charge in [0.05, 0.1) is 22.5 Å². The summed E-state index contributed by atoms with van der Waals surface area (Å²) in [7, 11) is 0. The third-order valence-electron chi connectivity index (χ3n) is 4.81. The molecule has 2 aromatic carbocycles. The van der Waals surface area contributed by atoms with E-state index in [9.17, 15) is 9.59 Å². The van der Waals surface area contributed by atoms with E-state index in [1.54, 1.807) is 4.68 Å². The first-order valence-electron chi connectivity index (χ1n) is 9.37. The van der Waals surface area contributed by atoms with Crippen molar-refractivity contribution in [1.29, 1.82) is 0 Å². The Balaban J connectivity index is 1.63. The van der Waals surface area contributed by atoms with E-state index in [0.717, 1.165) is 22.3 Å². The van der Waals surface area contributed by atoms with Gasteiger partial charge in [-0.15, -0.1) is 0 Å². The molecule has 4 rings (SSSR count). The monoisotopic (exact) mass is 387 g/mol. The maximum Gasteiger partial charge on any atom is 0.295 e. The van der Waals surface area contributed by atoms with Gasteiger partial charge >= 0.3 is 0 Å². The molecule has 0 saturated carbocycles. The van der Waals surface area contributed by atoms with Crippen LogP contribution in [-0.4, -0.2) is 25.5 Å². The SMILES string of the molecule is Cc1nn(CC(=O)NCc2ccccc2)c(=O)c2nn(-c3ccccc3)c(C)c12. The summed E-state index contributed by atoms with van der Waals surface area (Å²) < 4.78 is 2.92. The number of fused-ring (bicyclic) bond motifs is 1. The molecule has 4 aromatic rings. The van der Waals surface area contributed by atoms with Gasteiger partial charge in [0.25, 0.3) is 5.56 Å². The second-order valence-electron chi connectivity index (χ2n) is 6.87. The first kappa shape index (κ1) is 18.6. The van der Waals surface area contributed by atoms with Crippen LogP contribution in [0.15, 0.2) is 65.5 Å². The zero-order valence-corrected chi connectivity index (χ0v) is 16.3. The minimum Gasteiger partial charge on any atom is -0.350 e. The van der Waals surface area contributed by atoms with E-state index >= 15 is 0 Å². The van der Waals surface area contributed by atoms with Crippen LogP contribution in [0.1, 0.15) is 17.0 Å². The predicted molar refractivity (Wildman–Crippen MR) is 111 cm³/mol. The van der Waals surface area contributed by atoms with Gasteiger partial charge in [0.2, 0.25) is 5.91 Å². The second-order valence-corrected chi connectivity index (χ2v) is 6.87. The number of amides is 1. The van der Waals surface area contributed by atoms with Crippen LogP contribution in [0.5, 0.6) is 0 Å². The molecular weight excluding hydrogens is 366 g/mol. The molecule has 1 N–H and O–H groups in total. The van der Waals surface area contributed by atoms with Crippen LogP contribution in [0.25, 0.3) is 16.6 Å². The average Bonchev–Trinajstić information content (AvgIpc) is 3.10. The lowest BCUT2D eigenvalue weighted by Gasteiger charge is -2.08. The number of hydrogen-bond donors (Lipinski definition) is 1. The summed E-state index contributed by atoms with van der Waals surface area (Å²) in [5.74, 6) is -0.276. The molecule has 0 aliphatic rings. The van der Waals surface area contributed by atoms with Crippen LogP contribution in [0.2, 0.25) is 0 Å². The van der Waals surface area contributed by atoms with E-state index in [1.165, 1.54) is 4.68 Å².